The maximum absolute atomic E-state index is 13.9. The van der Waals surface area contributed by atoms with Crippen LogP contribution in [-0.2, 0) is 12.2 Å². The van der Waals surface area contributed by atoms with E-state index in [1.807, 2.05) is 24.3 Å². The molecular weight excluding hydrogens is 370 g/mol. The molecule has 0 bridgehead atoms. The van der Waals surface area contributed by atoms with Crippen LogP contribution in [0.5, 0.6) is 5.75 Å². The van der Waals surface area contributed by atoms with E-state index in [1.165, 1.54) is 30.0 Å². The molecule has 1 heterocycles. The Morgan fingerprint density at radius 1 is 1.11 bits per heavy atom. The maximum Gasteiger partial charge on any atom is 0.254 e. The van der Waals surface area contributed by atoms with Crippen LogP contribution in [0.2, 0.25) is 0 Å². The number of ether oxygens (including phenoxy) is 1. The lowest BCUT2D eigenvalue weighted by Gasteiger charge is -2.09. The third kappa shape index (κ3) is 4.54. The predicted molar refractivity (Wildman–Crippen MR) is 101 cm³/mol. The zero-order chi connectivity index (χ0) is 19.4. The number of nitrogens with one attached hydrogen (secondary N) is 1. The van der Waals surface area contributed by atoms with E-state index in [9.17, 15) is 13.6 Å². The van der Waals surface area contributed by atoms with E-state index in [-0.39, 0.29) is 17.5 Å². The third-order valence-electron chi connectivity index (χ3n) is 4.17. The Labute approximate surface area is 159 Å². The van der Waals surface area contributed by atoms with Crippen molar-refractivity contribution in [3.05, 3.63) is 86.8 Å². The van der Waals surface area contributed by atoms with Gasteiger partial charge in [0.25, 0.3) is 5.56 Å². The summed E-state index contributed by atoms with van der Waals surface area (Å²) >= 11 is 1.35. The van der Waals surface area contributed by atoms with E-state index in [0.29, 0.717) is 22.2 Å². The summed E-state index contributed by atoms with van der Waals surface area (Å²) in [5, 5.41) is 0.410. The molecule has 0 spiro atoms. The number of thioether (sulfide) groups is 1. The Hall–Kier alpha value is -2.67. The van der Waals surface area contributed by atoms with Gasteiger partial charge in [0, 0.05) is 23.3 Å². The second-order valence-corrected chi connectivity index (χ2v) is 6.92. The second-order valence-electron chi connectivity index (χ2n) is 5.96. The quantitative estimate of drug-likeness (QED) is 0.507. The topological polar surface area (TPSA) is 55.0 Å². The Kier molecular flexibility index (Phi) is 5.91. The largest absolute Gasteiger partial charge is 0.497 e. The van der Waals surface area contributed by atoms with Gasteiger partial charge in [-0.25, -0.2) is 13.8 Å². The normalized spacial score (nSPS) is 10.8. The second kappa shape index (κ2) is 8.35. The summed E-state index contributed by atoms with van der Waals surface area (Å²) in [6.07, 6.45) is -0.0790. The minimum Gasteiger partial charge on any atom is -0.497 e. The Morgan fingerprint density at radius 2 is 1.78 bits per heavy atom. The molecule has 0 amide bonds. The van der Waals surface area contributed by atoms with Crippen LogP contribution >= 0.6 is 11.8 Å². The Morgan fingerprint density at radius 3 is 2.41 bits per heavy atom. The van der Waals surface area contributed by atoms with Crippen molar-refractivity contribution >= 4 is 11.8 Å². The number of halogens is 2. The molecule has 27 heavy (non-hydrogen) atoms. The maximum atomic E-state index is 13.9. The van der Waals surface area contributed by atoms with Gasteiger partial charge in [-0.2, -0.15) is 0 Å². The van der Waals surface area contributed by atoms with E-state index >= 15 is 0 Å². The van der Waals surface area contributed by atoms with Gasteiger partial charge >= 0.3 is 0 Å². The van der Waals surface area contributed by atoms with Crippen LogP contribution in [0.15, 0.2) is 52.4 Å². The fourth-order valence-corrected chi connectivity index (χ4v) is 3.37. The fourth-order valence-electron chi connectivity index (χ4n) is 2.54. The highest BCUT2D eigenvalue weighted by Gasteiger charge is 2.14. The molecule has 1 N–H and O–H groups in total. The zero-order valence-electron chi connectivity index (χ0n) is 14.9. The van der Waals surface area contributed by atoms with Crippen molar-refractivity contribution in [3.63, 3.8) is 0 Å². The van der Waals surface area contributed by atoms with Crippen LogP contribution in [0.1, 0.15) is 22.4 Å². The summed E-state index contributed by atoms with van der Waals surface area (Å²) in [5.74, 6) is 0.0522. The van der Waals surface area contributed by atoms with Crippen LogP contribution < -0.4 is 10.3 Å². The van der Waals surface area contributed by atoms with Crippen molar-refractivity contribution in [1.82, 2.24) is 9.97 Å². The molecule has 3 rings (SSSR count). The molecule has 0 aliphatic carbocycles. The molecule has 0 radical (unpaired) electrons. The highest BCUT2D eigenvalue weighted by molar-refractivity contribution is 7.98. The Bertz CT molecular complexity index is 984. The zero-order valence-corrected chi connectivity index (χ0v) is 15.7. The molecule has 2 aromatic carbocycles. The van der Waals surface area contributed by atoms with Gasteiger partial charge in [-0.15, -0.1) is 0 Å². The van der Waals surface area contributed by atoms with E-state index in [1.54, 1.807) is 14.0 Å². The summed E-state index contributed by atoms with van der Waals surface area (Å²) in [4.78, 5) is 19.3. The number of aromatic nitrogens is 2. The SMILES string of the molecule is COc1ccc(CSc2nc(Cc3c(F)cccc3F)c(C)c(=O)[nH]2)cc1. The lowest BCUT2D eigenvalue weighted by atomic mass is 10.1. The molecule has 4 nitrogen and oxygen atoms in total. The minimum absolute atomic E-state index is 0.0790. The van der Waals surface area contributed by atoms with Gasteiger partial charge in [0.2, 0.25) is 0 Å². The van der Waals surface area contributed by atoms with Crippen LogP contribution in [0, 0.1) is 18.6 Å². The van der Waals surface area contributed by atoms with E-state index in [0.717, 1.165) is 11.3 Å². The number of benzene rings is 2. The van der Waals surface area contributed by atoms with Gasteiger partial charge in [-0.3, -0.25) is 4.79 Å². The molecule has 0 aliphatic heterocycles. The van der Waals surface area contributed by atoms with Gasteiger partial charge in [0.05, 0.1) is 12.8 Å². The van der Waals surface area contributed by atoms with Gasteiger partial charge in [-0.1, -0.05) is 30.0 Å². The third-order valence-corrected chi connectivity index (χ3v) is 5.12. The van der Waals surface area contributed by atoms with Crippen molar-refractivity contribution in [3.8, 4) is 5.75 Å². The molecular formula is C20H18F2N2O2S. The highest BCUT2D eigenvalue weighted by Crippen LogP contribution is 2.22. The molecule has 0 saturated carbocycles. The molecule has 7 heteroatoms. The lowest BCUT2D eigenvalue weighted by Crippen LogP contribution is -2.16. The first-order chi connectivity index (χ1) is 13.0. The fraction of sp³-hybridized carbons (Fsp3) is 0.200. The number of H-pyrrole nitrogens is 1. The summed E-state index contributed by atoms with van der Waals surface area (Å²) in [7, 11) is 1.60. The van der Waals surface area contributed by atoms with Gasteiger partial charge < -0.3 is 9.72 Å². The van der Waals surface area contributed by atoms with Crippen LogP contribution in [0.3, 0.4) is 0 Å². The van der Waals surface area contributed by atoms with Crippen LogP contribution in [0.25, 0.3) is 0 Å². The number of rotatable bonds is 6. The first-order valence-corrected chi connectivity index (χ1v) is 9.25. The smallest absolute Gasteiger partial charge is 0.254 e. The predicted octanol–water partition coefficient (Wildman–Crippen LogP) is 4.25. The first kappa shape index (κ1) is 19.1. The van der Waals surface area contributed by atoms with Crippen molar-refractivity contribution < 1.29 is 13.5 Å². The Balaban J connectivity index is 1.82. The number of nitrogens with zero attached hydrogens (tertiary/aromatic N) is 1. The average Bonchev–Trinajstić information content (AvgIpc) is 2.67. The summed E-state index contributed by atoms with van der Waals surface area (Å²) in [6.45, 7) is 1.60. The van der Waals surface area contributed by atoms with Crippen LogP contribution in [0.4, 0.5) is 8.78 Å². The number of hydrogen-bond donors (Lipinski definition) is 1. The van der Waals surface area contributed by atoms with Gasteiger partial charge in [-0.05, 0) is 36.8 Å². The molecule has 3 aromatic rings. The highest BCUT2D eigenvalue weighted by atomic mass is 32.2. The minimum atomic E-state index is -0.649. The molecule has 140 valence electrons. The average molecular weight is 388 g/mol. The van der Waals surface area contributed by atoms with E-state index in [4.69, 9.17) is 4.74 Å². The summed E-state index contributed by atoms with van der Waals surface area (Å²) in [5.41, 5.74) is 1.34. The van der Waals surface area contributed by atoms with Crippen LogP contribution in [-0.4, -0.2) is 17.1 Å². The molecule has 0 unspecified atom stereocenters. The summed E-state index contributed by atoms with van der Waals surface area (Å²) < 4.78 is 33.0. The number of methoxy groups -OCH3 is 1. The van der Waals surface area contributed by atoms with Crippen molar-refractivity contribution in [2.75, 3.05) is 7.11 Å². The molecule has 0 fully saturated rings. The number of aromatic amines is 1. The molecule has 0 saturated heterocycles. The standard InChI is InChI=1S/C20H18F2N2O2S/c1-12-18(10-15-16(21)4-3-5-17(15)22)23-20(24-19(12)25)27-11-13-6-8-14(26-2)9-7-13/h3-9H,10-11H2,1-2H3,(H,23,24,25). The van der Waals surface area contributed by atoms with E-state index in [2.05, 4.69) is 9.97 Å². The van der Waals surface area contributed by atoms with Gasteiger partial charge in [0.15, 0.2) is 5.16 Å². The lowest BCUT2D eigenvalue weighted by molar-refractivity contribution is 0.414. The van der Waals surface area contributed by atoms with Gasteiger partial charge in [0.1, 0.15) is 17.4 Å². The molecule has 0 atom stereocenters. The van der Waals surface area contributed by atoms with Crippen molar-refractivity contribution in [1.29, 1.82) is 0 Å². The van der Waals surface area contributed by atoms with E-state index < -0.39 is 11.6 Å². The number of hydrogen-bond acceptors (Lipinski definition) is 4. The first-order valence-electron chi connectivity index (χ1n) is 8.26. The molecule has 0 aliphatic rings. The van der Waals surface area contributed by atoms with Crippen molar-refractivity contribution in [2.45, 2.75) is 24.3 Å². The van der Waals surface area contributed by atoms with Crippen molar-refractivity contribution in [2.24, 2.45) is 0 Å². The summed E-state index contributed by atoms with van der Waals surface area (Å²) in [6, 6.07) is 11.3. The monoisotopic (exact) mass is 388 g/mol. The molecule has 1 aromatic heterocycles.